The van der Waals surface area contributed by atoms with E-state index in [4.69, 9.17) is 4.74 Å². The van der Waals surface area contributed by atoms with E-state index in [1.807, 2.05) is 49.2 Å². The van der Waals surface area contributed by atoms with Crippen LogP contribution in [0.15, 0.2) is 30.3 Å². The topological polar surface area (TPSA) is 49.8 Å². The molecule has 1 atom stereocenters. The lowest BCUT2D eigenvalue weighted by molar-refractivity contribution is -0.139. The molecule has 1 N–H and O–H groups in total. The summed E-state index contributed by atoms with van der Waals surface area (Å²) < 4.78 is 5.26. The third kappa shape index (κ3) is 4.85. The molecule has 0 bridgehead atoms. The first kappa shape index (κ1) is 14.7. The van der Waals surface area contributed by atoms with Crippen LogP contribution in [0, 0.1) is 0 Å². The quantitative estimate of drug-likeness (QED) is 0.716. The predicted octanol–water partition coefficient (Wildman–Crippen LogP) is 1.82. The molecule has 1 unspecified atom stereocenters. The number of hydrogen-bond donors (Lipinski definition) is 1. The number of carboxylic acids is 1. The molecule has 0 saturated heterocycles. The largest absolute Gasteiger partial charge is 0.481 e. The van der Waals surface area contributed by atoms with Crippen molar-refractivity contribution in [2.24, 2.45) is 0 Å². The Kier molecular flexibility index (Phi) is 6.39. The average molecular weight is 251 g/mol. The van der Waals surface area contributed by atoms with Crippen LogP contribution in [0.4, 0.5) is 0 Å². The lowest BCUT2D eigenvalue weighted by atomic mass is 9.99. The van der Waals surface area contributed by atoms with Crippen molar-refractivity contribution < 1.29 is 14.6 Å². The standard InChI is InChI=1S/C14H21NO3/c1-3-18-10-9-15(2)11-13(14(16)17)12-7-5-4-6-8-12/h4-8,13H,3,9-11H2,1-2H3,(H,16,17). The maximum atomic E-state index is 11.3. The fourth-order valence-corrected chi connectivity index (χ4v) is 1.78. The van der Waals surface area contributed by atoms with E-state index in [9.17, 15) is 9.90 Å². The second-order valence-corrected chi connectivity index (χ2v) is 4.26. The van der Waals surface area contributed by atoms with E-state index in [2.05, 4.69) is 0 Å². The molecule has 0 aromatic heterocycles. The highest BCUT2D eigenvalue weighted by atomic mass is 16.5. The summed E-state index contributed by atoms with van der Waals surface area (Å²) in [6, 6.07) is 9.34. The van der Waals surface area contributed by atoms with Gasteiger partial charge in [-0.15, -0.1) is 0 Å². The second kappa shape index (κ2) is 7.84. The lowest BCUT2D eigenvalue weighted by Crippen LogP contribution is -2.31. The number of aliphatic carboxylic acids is 1. The number of nitrogens with zero attached hydrogens (tertiary/aromatic N) is 1. The van der Waals surface area contributed by atoms with Crippen LogP contribution >= 0.6 is 0 Å². The monoisotopic (exact) mass is 251 g/mol. The van der Waals surface area contributed by atoms with E-state index in [1.54, 1.807) is 0 Å². The summed E-state index contributed by atoms with van der Waals surface area (Å²) in [5.74, 6) is -1.28. The normalized spacial score (nSPS) is 12.6. The van der Waals surface area contributed by atoms with Crippen molar-refractivity contribution in [3.05, 3.63) is 35.9 Å². The van der Waals surface area contributed by atoms with Crippen molar-refractivity contribution in [2.75, 3.05) is 33.4 Å². The van der Waals surface area contributed by atoms with Gasteiger partial charge in [-0.25, -0.2) is 0 Å². The summed E-state index contributed by atoms with van der Waals surface area (Å²) in [4.78, 5) is 13.3. The predicted molar refractivity (Wildman–Crippen MR) is 70.8 cm³/mol. The van der Waals surface area contributed by atoms with Crippen LogP contribution in [0.2, 0.25) is 0 Å². The first-order valence-electron chi connectivity index (χ1n) is 6.19. The van der Waals surface area contributed by atoms with Crippen LogP contribution in [0.1, 0.15) is 18.4 Å². The molecule has 0 saturated carbocycles. The van der Waals surface area contributed by atoms with Crippen molar-refractivity contribution in [1.82, 2.24) is 4.90 Å². The molecule has 4 nitrogen and oxygen atoms in total. The number of benzene rings is 1. The number of carboxylic acid groups (broad SMARTS) is 1. The van der Waals surface area contributed by atoms with Gasteiger partial charge in [-0.3, -0.25) is 4.79 Å². The van der Waals surface area contributed by atoms with Gasteiger partial charge in [0.2, 0.25) is 0 Å². The number of carbonyl (C=O) groups is 1. The minimum Gasteiger partial charge on any atom is -0.481 e. The van der Waals surface area contributed by atoms with Crippen molar-refractivity contribution in [3.63, 3.8) is 0 Å². The van der Waals surface area contributed by atoms with Crippen LogP contribution in [-0.2, 0) is 9.53 Å². The van der Waals surface area contributed by atoms with E-state index in [0.717, 1.165) is 12.1 Å². The van der Waals surface area contributed by atoms with Crippen molar-refractivity contribution in [1.29, 1.82) is 0 Å². The minimum atomic E-state index is -0.788. The zero-order valence-electron chi connectivity index (χ0n) is 11.0. The van der Waals surface area contributed by atoms with E-state index in [0.29, 0.717) is 19.8 Å². The zero-order valence-corrected chi connectivity index (χ0v) is 11.0. The van der Waals surface area contributed by atoms with Gasteiger partial charge >= 0.3 is 5.97 Å². The molecule has 0 heterocycles. The summed E-state index contributed by atoms with van der Waals surface area (Å²) in [5.41, 5.74) is 0.841. The van der Waals surface area contributed by atoms with Gasteiger partial charge in [0.05, 0.1) is 12.5 Å². The molecule has 0 amide bonds. The van der Waals surface area contributed by atoms with Gasteiger partial charge in [-0.2, -0.15) is 0 Å². The highest BCUT2D eigenvalue weighted by Gasteiger charge is 2.21. The van der Waals surface area contributed by atoms with Crippen molar-refractivity contribution in [3.8, 4) is 0 Å². The van der Waals surface area contributed by atoms with E-state index < -0.39 is 11.9 Å². The van der Waals surface area contributed by atoms with E-state index in [1.165, 1.54) is 0 Å². The Morgan fingerprint density at radius 2 is 2.06 bits per heavy atom. The van der Waals surface area contributed by atoms with Gasteiger partial charge in [0, 0.05) is 19.7 Å². The number of likely N-dealkylation sites (N-methyl/N-ethyl adjacent to an activating group) is 1. The fraction of sp³-hybridized carbons (Fsp3) is 0.500. The summed E-state index contributed by atoms with van der Waals surface area (Å²) in [7, 11) is 1.91. The third-order valence-electron chi connectivity index (χ3n) is 2.82. The smallest absolute Gasteiger partial charge is 0.312 e. The van der Waals surface area contributed by atoms with Crippen LogP contribution in [0.25, 0.3) is 0 Å². The Bertz CT molecular complexity index is 353. The summed E-state index contributed by atoms with van der Waals surface area (Å²) >= 11 is 0. The first-order valence-corrected chi connectivity index (χ1v) is 6.19. The molecule has 0 aliphatic carbocycles. The SMILES string of the molecule is CCOCCN(C)CC(C(=O)O)c1ccccc1. The molecule has 0 aliphatic rings. The Morgan fingerprint density at radius 1 is 1.39 bits per heavy atom. The summed E-state index contributed by atoms with van der Waals surface area (Å²) in [6.45, 7) is 4.50. The Balaban J connectivity index is 2.56. The molecule has 1 aromatic carbocycles. The lowest BCUT2D eigenvalue weighted by Gasteiger charge is -2.21. The number of hydrogen-bond acceptors (Lipinski definition) is 3. The third-order valence-corrected chi connectivity index (χ3v) is 2.82. The summed E-state index contributed by atoms with van der Waals surface area (Å²) in [6.07, 6.45) is 0. The Labute approximate surface area is 108 Å². The minimum absolute atomic E-state index is 0.488. The second-order valence-electron chi connectivity index (χ2n) is 4.26. The molecule has 1 rings (SSSR count). The number of rotatable bonds is 8. The maximum Gasteiger partial charge on any atom is 0.312 e. The highest BCUT2D eigenvalue weighted by Crippen LogP contribution is 2.16. The molecular weight excluding hydrogens is 230 g/mol. The molecule has 18 heavy (non-hydrogen) atoms. The fourth-order valence-electron chi connectivity index (χ4n) is 1.78. The number of ether oxygens (including phenoxy) is 1. The molecule has 0 aliphatic heterocycles. The highest BCUT2D eigenvalue weighted by molar-refractivity contribution is 5.76. The van der Waals surface area contributed by atoms with E-state index >= 15 is 0 Å². The van der Waals surface area contributed by atoms with Crippen molar-refractivity contribution in [2.45, 2.75) is 12.8 Å². The van der Waals surface area contributed by atoms with Crippen LogP contribution < -0.4 is 0 Å². The molecule has 0 spiro atoms. The Hall–Kier alpha value is -1.39. The molecule has 4 heteroatoms. The van der Waals surface area contributed by atoms with E-state index in [-0.39, 0.29) is 0 Å². The zero-order chi connectivity index (χ0) is 13.4. The van der Waals surface area contributed by atoms with Gasteiger partial charge in [-0.05, 0) is 19.5 Å². The molecule has 0 fully saturated rings. The maximum absolute atomic E-state index is 11.3. The molecule has 0 radical (unpaired) electrons. The first-order chi connectivity index (χ1) is 8.65. The molecular formula is C14H21NO3. The average Bonchev–Trinajstić information content (AvgIpc) is 2.37. The van der Waals surface area contributed by atoms with Crippen LogP contribution in [0.5, 0.6) is 0 Å². The van der Waals surface area contributed by atoms with Crippen LogP contribution in [0.3, 0.4) is 0 Å². The summed E-state index contributed by atoms with van der Waals surface area (Å²) in [5, 5.41) is 9.29. The van der Waals surface area contributed by atoms with Gasteiger partial charge < -0.3 is 14.7 Å². The van der Waals surface area contributed by atoms with Gasteiger partial charge in [0.25, 0.3) is 0 Å². The molecule has 1 aromatic rings. The van der Waals surface area contributed by atoms with Gasteiger partial charge in [0.15, 0.2) is 0 Å². The van der Waals surface area contributed by atoms with Gasteiger partial charge in [0.1, 0.15) is 0 Å². The molecule has 100 valence electrons. The van der Waals surface area contributed by atoms with Crippen molar-refractivity contribution >= 4 is 5.97 Å². The van der Waals surface area contributed by atoms with Crippen LogP contribution in [-0.4, -0.2) is 49.3 Å². The van der Waals surface area contributed by atoms with Gasteiger partial charge in [-0.1, -0.05) is 30.3 Å². The Morgan fingerprint density at radius 3 is 2.61 bits per heavy atom.